The van der Waals surface area contributed by atoms with Crippen LogP contribution in [0, 0.1) is 10.7 Å². The number of carbonyl (C=O) groups is 1. The number of hydrogen-bond acceptors (Lipinski definition) is 6. The van der Waals surface area contributed by atoms with Gasteiger partial charge in [0, 0.05) is 31.2 Å². The molecule has 2 aromatic rings. The van der Waals surface area contributed by atoms with Crippen molar-refractivity contribution < 1.29 is 14.3 Å². The highest BCUT2D eigenvalue weighted by Gasteiger charge is 2.27. The second kappa shape index (κ2) is 11.4. The third-order valence-corrected chi connectivity index (χ3v) is 6.34. The number of aromatic amines is 1. The van der Waals surface area contributed by atoms with Crippen molar-refractivity contribution >= 4 is 18.1 Å². The predicted octanol–water partition coefficient (Wildman–Crippen LogP) is 2.87. The average molecular weight is 448 g/mol. The van der Waals surface area contributed by atoms with Crippen molar-refractivity contribution in [2.24, 2.45) is 5.92 Å². The summed E-state index contributed by atoms with van der Waals surface area (Å²) < 4.78 is 12.9. The van der Waals surface area contributed by atoms with E-state index in [0.717, 1.165) is 50.5 Å². The molecule has 0 saturated carbocycles. The number of carbonyl (C=O) groups excluding carboxylic acids is 1. The summed E-state index contributed by atoms with van der Waals surface area (Å²) in [4.78, 5) is 15.3. The van der Waals surface area contributed by atoms with E-state index < -0.39 is 0 Å². The van der Waals surface area contributed by atoms with Crippen LogP contribution in [0.25, 0.3) is 11.4 Å². The SMILES string of the molecule is CCC(CC)C(CNC(=O)Cn1c(-c2ccc(OC)cc2)n[nH]c1=S)N1CCOCC1. The zero-order chi connectivity index (χ0) is 22.2. The quantitative estimate of drug-likeness (QED) is 0.545. The lowest BCUT2D eigenvalue weighted by Gasteiger charge is -2.38. The number of rotatable bonds is 10. The Balaban J connectivity index is 1.68. The molecule has 0 spiro atoms. The molecule has 0 aliphatic carbocycles. The van der Waals surface area contributed by atoms with Gasteiger partial charge in [-0.2, -0.15) is 5.10 Å². The fraction of sp³-hybridized carbons (Fsp3) is 0.591. The van der Waals surface area contributed by atoms with Crippen LogP contribution in [-0.2, 0) is 16.1 Å². The molecule has 1 aliphatic heterocycles. The van der Waals surface area contributed by atoms with E-state index in [9.17, 15) is 4.79 Å². The smallest absolute Gasteiger partial charge is 0.240 e. The summed E-state index contributed by atoms with van der Waals surface area (Å²) in [6.07, 6.45) is 2.17. The number of benzene rings is 1. The van der Waals surface area contributed by atoms with Gasteiger partial charge < -0.3 is 14.8 Å². The van der Waals surface area contributed by atoms with Crippen molar-refractivity contribution in [3.8, 4) is 17.1 Å². The van der Waals surface area contributed by atoms with Gasteiger partial charge in [0.25, 0.3) is 0 Å². The molecule has 31 heavy (non-hydrogen) atoms. The molecule has 9 heteroatoms. The number of methoxy groups -OCH3 is 1. The van der Waals surface area contributed by atoms with Crippen molar-refractivity contribution in [2.75, 3.05) is 40.0 Å². The van der Waals surface area contributed by atoms with E-state index in [2.05, 4.69) is 34.3 Å². The molecule has 2 N–H and O–H groups in total. The molecular formula is C22H33N5O3S. The number of ether oxygens (including phenoxy) is 2. The fourth-order valence-electron chi connectivity index (χ4n) is 4.18. The van der Waals surface area contributed by atoms with E-state index in [4.69, 9.17) is 21.7 Å². The fourth-order valence-corrected chi connectivity index (χ4v) is 4.38. The Morgan fingerprint density at radius 2 is 1.94 bits per heavy atom. The molecular weight excluding hydrogens is 414 g/mol. The van der Waals surface area contributed by atoms with Crippen LogP contribution in [0.5, 0.6) is 5.75 Å². The monoisotopic (exact) mass is 447 g/mol. The summed E-state index contributed by atoms with van der Waals surface area (Å²) in [5.41, 5.74) is 0.865. The lowest BCUT2D eigenvalue weighted by Crippen LogP contribution is -2.52. The number of hydrogen-bond donors (Lipinski definition) is 2. The van der Waals surface area contributed by atoms with Crippen LogP contribution in [0.4, 0.5) is 0 Å². The normalized spacial score (nSPS) is 15.7. The van der Waals surface area contributed by atoms with Crippen LogP contribution in [0.3, 0.4) is 0 Å². The van der Waals surface area contributed by atoms with Gasteiger partial charge in [0.15, 0.2) is 10.6 Å². The number of nitrogens with zero attached hydrogens (tertiary/aromatic N) is 3. The molecule has 1 atom stereocenters. The second-order valence-corrected chi connectivity index (χ2v) is 8.15. The summed E-state index contributed by atoms with van der Waals surface area (Å²) in [5.74, 6) is 1.85. The molecule has 1 aromatic heterocycles. The average Bonchev–Trinajstić information content (AvgIpc) is 3.17. The van der Waals surface area contributed by atoms with Gasteiger partial charge in [0.05, 0.1) is 20.3 Å². The van der Waals surface area contributed by atoms with E-state index in [1.807, 2.05) is 24.3 Å². The molecule has 0 bridgehead atoms. The minimum absolute atomic E-state index is 0.0727. The molecule has 170 valence electrons. The third-order valence-electron chi connectivity index (χ3n) is 6.02. The first-order chi connectivity index (χ1) is 15.1. The van der Waals surface area contributed by atoms with Crippen LogP contribution in [0.2, 0.25) is 0 Å². The molecule has 1 saturated heterocycles. The maximum atomic E-state index is 12.8. The number of aromatic nitrogens is 3. The van der Waals surface area contributed by atoms with Gasteiger partial charge in [-0.3, -0.25) is 19.4 Å². The zero-order valence-corrected chi connectivity index (χ0v) is 19.4. The van der Waals surface area contributed by atoms with Crippen LogP contribution < -0.4 is 10.1 Å². The van der Waals surface area contributed by atoms with Crippen molar-refractivity contribution in [3.63, 3.8) is 0 Å². The molecule has 8 nitrogen and oxygen atoms in total. The Morgan fingerprint density at radius 1 is 1.26 bits per heavy atom. The van der Waals surface area contributed by atoms with Gasteiger partial charge in [-0.25, -0.2) is 0 Å². The molecule has 1 aliphatic rings. The Hall–Kier alpha value is -2.23. The zero-order valence-electron chi connectivity index (χ0n) is 18.6. The molecule has 1 amide bonds. The van der Waals surface area contributed by atoms with Crippen molar-refractivity contribution in [2.45, 2.75) is 39.3 Å². The molecule has 0 radical (unpaired) electrons. The number of H-pyrrole nitrogens is 1. The van der Waals surface area contributed by atoms with E-state index in [-0.39, 0.29) is 12.5 Å². The largest absolute Gasteiger partial charge is 0.497 e. The molecule has 1 aromatic carbocycles. The Morgan fingerprint density at radius 3 is 2.55 bits per heavy atom. The maximum Gasteiger partial charge on any atom is 0.240 e. The van der Waals surface area contributed by atoms with Crippen molar-refractivity contribution in [1.29, 1.82) is 0 Å². The first-order valence-electron chi connectivity index (χ1n) is 11.0. The summed E-state index contributed by atoms with van der Waals surface area (Å²) in [6, 6.07) is 7.83. The van der Waals surface area contributed by atoms with Crippen molar-refractivity contribution in [3.05, 3.63) is 29.0 Å². The summed E-state index contributed by atoms with van der Waals surface area (Å²) >= 11 is 5.38. The maximum absolute atomic E-state index is 12.8. The van der Waals surface area contributed by atoms with Gasteiger partial charge >= 0.3 is 0 Å². The van der Waals surface area contributed by atoms with Crippen LogP contribution >= 0.6 is 12.2 Å². The van der Waals surface area contributed by atoms with Gasteiger partial charge in [-0.15, -0.1) is 0 Å². The lowest BCUT2D eigenvalue weighted by atomic mass is 9.92. The van der Waals surface area contributed by atoms with Gasteiger partial charge in [0.1, 0.15) is 12.3 Å². The van der Waals surface area contributed by atoms with E-state index in [1.165, 1.54) is 0 Å². The molecule has 2 heterocycles. The summed E-state index contributed by atoms with van der Waals surface area (Å²) in [6.45, 7) is 8.49. The number of nitrogens with one attached hydrogen (secondary N) is 2. The molecule has 1 fully saturated rings. The second-order valence-electron chi connectivity index (χ2n) is 7.76. The van der Waals surface area contributed by atoms with Crippen LogP contribution in [-0.4, -0.2) is 71.6 Å². The highest BCUT2D eigenvalue weighted by atomic mass is 32.1. The first kappa shape index (κ1) is 23.4. The minimum Gasteiger partial charge on any atom is -0.497 e. The van der Waals surface area contributed by atoms with Crippen LogP contribution in [0.15, 0.2) is 24.3 Å². The third kappa shape index (κ3) is 5.93. The Bertz CT molecular complexity index is 885. The van der Waals surface area contributed by atoms with E-state index >= 15 is 0 Å². The summed E-state index contributed by atoms with van der Waals surface area (Å²) in [7, 11) is 1.63. The van der Waals surface area contributed by atoms with Gasteiger partial charge in [0.2, 0.25) is 5.91 Å². The highest BCUT2D eigenvalue weighted by Crippen LogP contribution is 2.22. The predicted molar refractivity (Wildman–Crippen MR) is 123 cm³/mol. The topological polar surface area (TPSA) is 84.4 Å². The number of amides is 1. The van der Waals surface area contributed by atoms with Crippen molar-refractivity contribution in [1.82, 2.24) is 25.0 Å². The lowest BCUT2D eigenvalue weighted by molar-refractivity contribution is -0.122. The van der Waals surface area contributed by atoms with E-state index in [1.54, 1.807) is 11.7 Å². The molecule has 1 unspecified atom stereocenters. The van der Waals surface area contributed by atoms with Gasteiger partial charge in [-0.05, 0) is 42.4 Å². The Labute approximate surface area is 188 Å². The standard InChI is InChI=1S/C22H33N5O3S/c1-4-16(5-2)19(26-10-12-30-13-11-26)14-23-20(28)15-27-21(24-25-22(27)31)17-6-8-18(29-3)9-7-17/h6-9,16,19H,4-5,10-15H2,1-3H3,(H,23,28)(H,25,31). The number of morpholine rings is 1. The molecule has 3 rings (SSSR count). The minimum atomic E-state index is -0.0727. The van der Waals surface area contributed by atoms with E-state index in [0.29, 0.717) is 29.1 Å². The van der Waals surface area contributed by atoms with Gasteiger partial charge in [-0.1, -0.05) is 26.7 Å². The highest BCUT2D eigenvalue weighted by molar-refractivity contribution is 7.71. The Kier molecular flexibility index (Phi) is 8.62. The summed E-state index contributed by atoms with van der Waals surface area (Å²) in [5, 5.41) is 10.3. The van der Waals surface area contributed by atoms with Crippen LogP contribution in [0.1, 0.15) is 26.7 Å². The first-order valence-corrected chi connectivity index (χ1v) is 11.4.